The van der Waals surface area contributed by atoms with E-state index >= 15 is 0 Å². The monoisotopic (exact) mass is 224 g/mol. The molecule has 0 fully saturated rings. The van der Waals surface area contributed by atoms with Crippen LogP contribution in [0.15, 0.2) is 29.0 Å². The van der Waals surface area contributed by atoms with Crippen LogP contribution in [-0.2, 0) is 0 Å². The highest BCUT2D eigenvalue weighted by Crippen LogP contribution is 2.26. The van der Waals surface area contributed by atoms with E-state index in [0.717, 1.165) is 22.2 Å². The highest BCUT2D eigenvalue weighted by Gasteiger charge is 2.10. The number of H-pyrrole nitrogens is 1. The number of hydrogen-bond donors (Lipinski definition) is 1. The molecule has 0 saturated carbocycles. The molecule has 0 bridgehead atoms. The number of nitrogens with zero attached hydrogens (tertiary/aromatic N) is 3. The molecule has 0 atom stereocenters. The largest absolute Gasteiger partial charge is 0.358 e. The van der Waals surface area contributed by atoms with Gasteiger partial charge in [0, 0.05) is 16.6 Å². The van der Waals surface area contributed by atoms with Crippen molar-refractivity contribution in [2.24, 2.45) is 0 Å². The Bertz CT molecular complexity index is 719. The minimum atomic E-state index is 0.419. The SMILES string of the molecule is Cc1cc2cc(-c3ncno3)cc(C#N)c2[nH]1. The van der Waals surface area contributed by atoms with Gasteiger partial charge >= 0.3 is 0 Å². The predicted molar refractivity (Wildman–Crippen MR) is 61.0 cm³/mol. The molecule has 0 spiro atoms. The van der Waals surface area contributed by atoms with E-state index in [1.165, 1.54) is 6.33 Å². The highest BCUT2D eigenvalue weighted by atomic mass is 16.5. The standard InChI is InChI=1S/C12H8N4O/c1-7-2-8-3-9(12-14-6-15-17-12)4-10(5-13)11(8)16-7/h2-4,6,16H,1H3. The number of benzene rings is 1. The summed E-state index contributed by atoms with van der Waals surface area (Å²) >= 11 is 0. The van der Waals surface area contributed by atoms with Gasteiger partial charge in [-0.05, 0) is 25.1 Å². The normalized spacial score (nSPS) is 10.6. The first-order chi connectivity index (χ1) is 8.28. The summed E-state index contributed by atoms with van der Waals surface area (Å²) in [5, 5.41) is 13.7. The molecule has 2 aromatic heterocycles. The van der Waals surface area contributed by atoms with Crippen molar-refractivity contribution in [1.82, 2.24) is 15.1 Å². The Morgan fingerprint density at radius 1 is 1.35 bits per heavy atom. The van der Waals surface area contributed by atoms with Crippen LogP contribution in [0.25, 0.3) is 22.4 Å². The van der Waals surface area contributed by atoms with Gasteiger partial charge in [-0.1, -0.05) is 5.16 Å². The lowest BCUT2D eigenvalue weighted by atomic mass is 10.1. The zero-order valence-electron chi connectivity index (χ0n) is 9.06. The van der Waals surface area contributed by atoms with Crippen molar-refractivity contribution in [2.45, 2.75) is 6.92 Å². The van der Waals surface area contributed by atoms with Crippen LogP contribution in [0.4, 0.5) is 0 Å². The van der Waals surface area contributed by atoms with Gasteiger partial charge in [0.05, 0.1) is 11.1 Å². The van der Waals surface area contributed by atoms with Crippen LogP contribution >= 0.6 is 0 Å². The summed E-state index contributed by atoms with van der Waals surface area (Å²) in [4.78, 5) is 7.14. The zero-order chi connectivity index (χ0) is 11.8. The maximum atomic E-state index is 9.13. The fourth-order valence-electron chi connectivity index (χ4n) is 1.90. The van der Waals surface area contributed by atoms with Crippen molar-refractivity contribution >= 4 is 10.9 Å². The van der Waals surface area contributed by atoms with Gasteiger partial charge in [-0.25, -0.2) is 0 Å². The molecule has 0 aliphatic rings. The Morgan fingerprint density at radius 3 is 2.94 bits per heavy atom. The molecule has 0 aliphatic heterocycles. The second kappa shape index (κ2) is 3.46. The van der Waals surface area contributed by atoms with E-state index < -0.39 is 0 Å². The van der Waals surface area contributed by atoms with Gasteiger partial charge in [0.15, 0.2) is 6.33 Å². The third-order valence-electron chi connectivity index (χ3n) is 2.59. The second-order valence-electron chi connectivity index (χ2n) is 3.80. The van der Waals surface area contributed by atoms with E-state index in [1.807, 2.05) is 19.1 Å². The first kappa shape index (κ1) is 9.60. The predicted octanol–water partition coefficient (Wildman–Crippen LogP) is 2.40. The third-order valence-corrected chi connectivity index (χ3v) is 2.59. The smallest absolute Gasteiger partial charge is 0.257 e. The van der Waals surface area contributed by atoms with E-state index in [9.17, 15) is 0 Å². The van der Waals surface area contributed by atoms with E-state index in [4.69, 9.17) is 9.78 Å². The molecule has 5 heteroatoms. The maximum Gasteiger partial charge on any atom is 0.257 e. The Labute approximate surface area is 96.7 Å². The second-order valence-corrected chi connectivity index (χ2v) is 3.80. The summed E-state index contributed by atoms with van der Waals surface area (Å²) in [5.74, 6) is 0.419. The molecule has 82 valence electrons. The summed E-state index contributed by atoms with van der Waals surface area (Å²) in [5.41, 5.74) is 3.18. The Hall–Kier alpha value is -2.61. The maximum absolute atomic E-state index is 9.13. The topological polar surface area (TPSA) is 78.5 Å². The molecule has 2 heterocycles. The molecule has 3 aromatic rings. The molecule has 5 nitrogen and oxygen atoms in total. The van der Waals surface area contributed by atoms with Crippen LogP contribution in [-0.4, -0.2) is 15.1 Å². The van der Waals surface area contributed by atoms with Gasteiger partial charge in [-0.2, -0.15) is 10.2 Å². The number of fused-ring (bicyclic) bond motifs is 1. The van der Waals surface area contributed by atoms with Crippen molar-refractivity contribution in [3.05, 3.63) is 35.8 Å². The molecule has 0 unspecified atom stereocenters. The van der Waals surface area contributed by atoms with E-state index in [2.05, 4.69) is 21.2 Å². The van der Waals surface area contributed by atoms with Crippen molar-refractivity contribution in [3.8, 4) is 17.5 Å². The minimum Gasteiger partial charge on any atom is -0.358 e. The van der Waals surface area contributed by atoms with Crippen LogP contribution in [0, 0.1) is 18.3 Å². The van der Waals surface area contributed by atoms with Crippen LogP contribution in [0.1, 0.15) is 11.3 Å². The van der Waals surface area contributed by atoms with Gasteiger partial charge in [-0.3, -0.25) is 0 Å². The van der Waals surface area contributed by atoms with E-state index in [0.29, 0.717) is 11.5 Å². The van der Waals surface area contributed by atoms with Gasteiger partial charge in [-0.15, -0.1) is 0 Å². The fraction of sp³-hybridized carbons (Fsp3) is 0.0833. The quantitative estimate of drug-likeness (QED) is 0.688. The van der Waals surface area contributed by atoms with Gasteiger partial charge in [0.1, 0.15) is 6.07 Å². The number of nitriles is 1. The Kier molecular flexibility index (Phi) is 1.95. The molecule has 0 radical (unpaired) electrons. The number of rotatable bonds is 1. The summed E-state index contributed by atoms with van der Waals surface area (Å²) in [6.45, 7) is 1.95. The first-order valence-corrected chi connectivity index (χ1v) is 5.08. The molecule has 3 rings (SSSR count). The molecular weight excluding hydrogens is 216 g/mol. The van der Waals surface area contributed by atoms with Gasteiger partial charge in [0.25, 0.3) is 5.89 Å². The number of aryl methyl sites for hydroxylation is 1. The van der Waals surface area contributed by atoms with Crippen molar-refractivity contribution in [1.29, 1.82) is 5.26 Å². The van der Waals surface area contributed by atoms with Crippen LogP contribution < -0.4 is 0 Å². The van der Waals surface area contributed by atoms with Gasteiger partial charge < -0.3 is 9.51 Å². The summed E-state index contributed by atoms with van der Waals surface area (Å²) in [7, 11) is 0. The summed E-state index contributed by atoms with van der Waals surface area (Å²) in [6, 6.07) is 7.81. The number of aromatic nitrogens is 3. The molecule has 1 N–H and O–H groups in total. The average Bonchev–Trinajstić information content (AvgIpc) is 2.94. The number of aromatic amines is 1. The van der Waals surface area contributed by atoms with Crippen molar-refractivity contribution < 1.29 is 4.52 Å². The van der Waals surface area contributed by atoms with Crippen molar-refractivity contribution in [2.75, 3.05) is 0 Å². The zero-order valence-corrected chi connectivity index (χ0v) is 9.06. The molecular formula is C12H8N4O. The van der Waals surface area contributed by atoms with Crippen molar-refractivity contribution in [3.63, 3.8) is 0 Å². The highest BCUT2D eigenvalue weighted by molar-refractivity contribution is 5.89. The lowest BCUT2D eigenvalue weighted by Gasteiger charge is -1.97. The van der Waals surface area contributed by atoms with Crippen LogP contribution in [0.2, 0.25) is 0 Å². The van der Waals surface area contributed by atoms with E-state index in [1.54, 1.807) is 6.07 Å². The molecule has 0 saturated heterocycles. The van der Waals surface area contributed by atoms with E-state index in [-0.39, 0.29) is 0 Å². The number of nitrogens with one attached hydrogen (secondary N) is 1. The summed E-state index contributed by atoms with van der Waals surface area (Å²) in [6.07, 6.45) is 1.34. The summed E-state index contributed by atoms with van der Waals surface area (Å²) < 4.78 is 4.99. The lowest BCUT2D eigenvalue weighted by molar-refractivity contribution is 0.430. The Morgan fingerprint density at radius 2 is 2.24 bits per heavy atom. The van der Waals surface area contributed by atoms with Crippen LogP contribution in [0.5, 0.6) is 0 Å². The fourth-order valence-corrected chi connectivity index (χ4v) is 1.90. The third kappa shape index (κ3) is 1.47. The molecule has 0 amide bonds. The first-order valence-electron chi connectivity index (χ1n) is 5.08. The van der Waals surface area contributed by atoms with Crippen LogP contribution in [0.3, 0.4) is 0 Å². The molecule has 17 heavy (non-hydrogen) atoms. The molecule has 1 aromatic carbocycles. The Balaban J connectivity index is 2.33. The minimum absolute atomic E-state index is 0.419. The average molecular weight is 224 g/mol. The lowest BCUT2D eigenvalue weighted by Crippen LogP contribution is -1.83. The number of hydrogen-bond acceptors (Lipinski definition) is 4. The molecule has 0 aliphatic carbocycles. The van der Waals surface area contributed by atoms with Gasteiger partial charge in [0.2, 0.25) is 0 Å².